The zero-order chi connectivity index (χ0) is 14.6. The second-order valence-corrected chi connectivity index (χ2v) is 7.10. The van der Waals surface area contributed by atoms with Gasteiger partial charge in [-0.25, -0.2) is 13.1 Å². The number of hydrogen-bond donors (Lipinski definition) is 2. The molecule has 0 aliphatic carbocycles. The Morgan fingerprint density at radius 2 is 2.05 bits per heavy atom. The molecule has 0 bridgehead atoms. The maximum Gasteiger partial charge on any atom is 0.244 e. The molecule has 0 aliphatic heterocycles. The van der Waals surface area contributed by atoms with Gasteiger partial charge in [0, 0.05) is 17.1 Å². The van der Waals surface area contributed by atoms with Gasteiger partial charge in [-0.15, -0.1) is 0 Å². The Morgan fingerprint density at radius 3 is 2.53 bits per heavy atom. The molecule has 1 atom stereocenters. The number of sulfonamides is 1. The number of hydrogen-bond acceptors (Lipinski definition) is 4. The first-order chi connectivity index (χ1) is 8.81. The molecule has 1 aromatic carbocycles. The lowest BCUT2D eigenvalue weighted by Crippen LogP contribution is -2.43. The van der Waals surface area contributed by atoms with Crippen LogP contribution in [0.2, 0.25) is 0 Å². The summed E-state index contributed by atoms with van der Waals surface area (Å²) in [4.78, 5) is 0.100. The van der Waals surface area contributed by atoms with Gasteiger partial charge in [-0.1, -0.05) is 29.8 Å². The smallest absolute Gasteiger partial charge is 0.244 e. The molecule has 0 spiro atoms. The summed E-state index contributed by atoms with van der Waals surface area (Å²) in [5, 5.41) is 0. The highest BCUT2D eigenvalue weighted by molar-refractivity contribution is 9.10. The van der Waals surface area contributed by atoms with Crippen molar-refractivity contribution in [1.82, 2.24) is 4.72 Å². The quantitative estimate of drug-likeness (QED) is 0.818. The van der Waals surface area contributed by atoms with Gasteiger partial charge in [0.05, 0.1) is 7.11 Å². The second kappa shape index (κ2) is 6.69. The minimum absolute atomic E-state index is 0.100. The van der Waals surface area contributed by atoms with E-state index in [9.17, 15) is 8.42 Å². The Kier molecular flexibility index (Phi) is 5.79. The minimum Gasteiger partial charge on any atom is -0.495 e. The molecule has 5 nitrogen and oxygen atoms in total. The predicted molar refractivity (Wildman–Crippen MR) is 78.7 cm³/mol. The average molecular weight is 351 g/mol. The number of nitrogens with two attached hydrogens (primary N) is 1. The minimum atomic E-state index is -3.67. The fourth-order valence-corrected chi connectivity index (χ4v) is 3.68. The predicted octanol–water partition coefficient (Wildman–Crippen LogP) is 1.72. The number of ether oxygens (including phenoxy) is 1. The van der Waals surface area contributed by atoms with Crippen molar-refractivity contribution in [1.29, 1.82) is 0 Å². The molecule has 0 aromatic heterocycles. The molecule has 0 saturated carbocycles. The molecular formula is C12H19BrN2O3S. The first kappa shape index (κ1) is 16.4. The van der Waals surface area contributed by atoms with Crippen LogP contribution in [-0.2, 0) is 10.0 Å². The largest absolute Gasteiger partial charge is 0.495 e. The normalized spacial score (nSPS) is 13.6. The monoisotopic (exact) mass is 350 g/mol. The molecule has 1 aromatic rings. The van der Waals surface area contributed by atoms with Crippen molar-refractivity contribution < 1.29 is 13.2 Å². The van der Waals surface area contributed by atoms with Crippen LogP contribution < -0.4 is 15.2 Å². The zero-order valence-corrected chi connectivity index (χ0v) is 13.6. The molecule has 19 heavy (non-hydrogen) atoms. The van der Waals surface area contributed by atoms with Crippen molar-refractivity contribution in [2.75, 3.05) is 13.7 Å². The van der Waals surface area contributed by atoms with E-state index in [-0.39, 0.29) is 23.4 Å². The third kappa shape index (κ3) is 4.17. The summed E-state index contributed by atoms with van der Waals surface area (Å²) in [6, 6.07) is 4.52. The lowest BCUT2D eigenvalue weighted by molar-refractivity contribution is 0.400. The first-order valence-electron chi connectivity index (χ1n) is 5.87. The maximum absolute atomic E-state index is 12.4. The summed E-state index contributed by atoms with van der Waals surface area (Å²) < 4.78 is 33.1. The molecule has 108 valence electrons. The highest BCUT2D eigenvalue weighted by Gasteiger charge is 2.24. The molecular weight excluding hydrogens is 332 g/mol. The number of nitrogens with one attached hydrogen (secondary N) is 1. The van der Waals surface area contributed by atoms with Crippen molar-refractivity contribution in [3.63, 3.8) is 0 Å². The van der Waals surface area contributed by atoms with E-state index in [1.165, 1.54) is 13.2 Å². The lowest BCUT2D eigenvalue weighted by Gasteiger charge is -2.21. The van der Waals surface area contributed by atoms with Crippen LogP contribution in [0.4, 0.5) is 0 Å². The summed E-state index contributed by atoms with van der Waals surface area (Å²) >= 11 is 3.26. The molecule has 0 aliphatic rings. The number of halogens is 1. The van der Waals surface area contributed by atoms with Crippen LogP contribution in [0.3, 0.4) is 0 Å². The van der Waals surface area contributed by atoms with Crippen LogP contribution >= 0.6 is 15.9 Å². The second-order valence-electron chi connectivity index (χ2n) is 4.50. The van der Waals surface area contributed by atoms with E-state index in [1.807, 2.05) is 13.8 Å². The molecule has 1 unspecified atom stereocenters. The molecule has 3 N–H and O–H groups in total. The van der Waals surface area contributed by atoms with Crippen LogP contribution in [0.1, 0.15) is 13.8 Å². The van der Waals surface area contributed by atoms with Gasteiger partial charge in [-0.2, -0.15) is 0 Å². The molecule has 7 heteroatoms. The van der Waals surface area contributed by atoms with E-state index in [1.54, 1.807) is 12.1 Å². The van der Waals surface area contributed by atoms with Crippen LogP contribution in [0, 0.1) is 5.92 Å². The summed E-state index contributed by atoms with van der Waals surface area (Å²) in [6.07, 6.45) is 0. The van der Waals surface area contributed by atoms with Crippen molar-refractivity contribution >= 4 is 26.0 Å². The molecule has 0 radical (unpaired) electrons. The van der Waals surface area contributed by atoms with Crippen molar-refractivity contribution in [3.05, 3.63) is 22.7 Å². The third-order valence-corrected chi connectivity index (χ3v) is 4.78. The van der Waals surface area contributed by atoms with Gasteiger partial charge >= 0.3 is 0 Å². The van der Waals surface area contributed by atoms with Gasteiger partial charge in [0.25, 0.3) is 0 Å². The van der Waals surface area contributed by atoms with E-state index >= 15 is 0 Å². The maximum atomic E-state index is 12.4. The SMILES string of the molecule is COc1ccc(Br)cc1S(=O)(=O)NC(CN)C(C)C. The van der Waals surface area contributed by atoms with Gasteiger partial charge < -0.3 is 10.5 Å². The van der Waals surface area contributed by atoms with Crippen molar-refractivity contribution in [2.45, 2.75) is 24.8 Å². The molecule has 0 fully saturated rings. The fourth-order valence-electron chi connectivity index (χ4n) is 1.58. The molecule has 1 rings (SSSR count). The van der Waals surface area contributed by atoms with Gasteiger partial charge in [0.2, 0.25) is 10.0 Å². The Labute approximate surface area is 122 Å². The van der Waals surface area contributed by atoms with Crippen molar-refractivity contribution in [3.8, 4) is 5.75 Å². The van der Waals surface area contributed by atoms with Crippen LogP contribution in [0.25, 0.3) is 0 Å². The highest BCUT2D eigenvalue weighted by atomic mass is 79.9. The number of benzene rings is 1. The van der Waals surface area contributed by atoms with Gasteiger partial charge in [0.1, 0.15) is 10.6 Å². The molecule has 0 amide bonds. The van der Waals surface area contributed by atoms with Gasteiger partial charge in [-0.05, 0) is 24.1 Å². The van der Waals surface area contributed by atoms with E-state index in [4.69, 9.17) is 10.5 Å². The van der Waals surface area contributed by atoms with E-state index in [0.29, 0.717) is 10.2 Å². The third-order valence-electron chi connectivity index (χ3n) is 2.78. The topological polar surface area (TPSA) is 81.4 Å². The van der Waals surface area contributed by atoms with Crippen molar-refractivity contribution in [2.24, 2.45) is 11.7 Å². The molecule has 0 saturated heterocycles. The van der Waals surface area contributed by atoms with Crippen LogP contribution in [0.15, 0.2) is 27.6 Å². The van der Waals surface area contributed by atoms with Crippen LogP contribution in [-0.4, -0.2) is 28.1 Å². The van der Waals surface area contributed by atoms with E-state index in [0.717, 1.165) is 0 Å². The molecule has 0 heterocycles. The highest BCUT2D eigenvalue weighted by Crippen LogP contribution is 2.27. The summed E-state index contributed by atoms with van der Waals surface area (Å²) in [5.74, 6) is 0.410. The average Bonchev–Trinajstić information content (AvgIpc) is 2.35. The van der Waals surface area contributed by atoms with Gasteiger partial charge in [-0.3, -0.25) is 0 Å². The fraction of sp³-hybridized carbons (Fsp3) is 0.500. The summed E-state index contributed by atoms with van der Waals surface area (Å²) in [6.45, 7) is 4.07. The number of methoxy groups -OCH3 is 1. The Balaban J connectivity index is 3.16. The van der Waals surface area contributed by atoms with Gasteiger partial charge in [0.15, 0.2) is 0 Å². The lowest BCUT2D eigenvalue weighted by atomic mass is 10.1. The Hall–Kier alpha value is -0.630. The Morgan fingerprint density at radius 1 is 1.42 bits per heavy atom. The zero-order valence-electron chi connectivity index (χ0n) is 11.2. The van der Waals surface area contributed by atoms with E-state index < -0.39 is 10.0 Å². The first-order valence-corrected chi connectivity index (χ1v) is 8.15. The van der Waals surface area contributed by atoms with Crippen LogP contribution in [0.5, 0.6) is 5.75 Å². The summed E-state index contributed by atoms with van der Waals surface area (Å²) in [7, 11) is -2.23. The van der Waals surface area contributed by atoms with E-state index in [2.05, 4.69) is 20.7 Å². The summed E-state index contributed by atoms with van der Waals surface area (Å²) in [5.41, 5.74) is 5.59. The Bertz CT molecular complexity index is 532. The number of rotatable bonds is 6. The standard InChI is InChI=1S/C12H19BrN2O3S/c1-8(2)10(7-14)15-19(16,17)12-6-9(13)4-5-11(12)18-3/h4-6,8,10,15H,7,14H2,1-3H3.